The van der Waals surface area contributed by atoms with E-state index in [9.17, 15) is 40.0 Å². The maximum atomic E-state index is 11.6. The van der Waals surface area contributed by atoms with Gasteiger partial charge in [0, 0.05) is 0 Å². The van der Waals surface area contributed by atoms with Crippen molar-refractivity contribution in [1.82, 2.24) is 0 Å². The van der Waals surface area contributed by atoms with Gasteiger partial charge in [-0.25, -0.2) is 4.57 Å². The van der Waals surface area contributed by atoms with Gasteiger partial charge in [-0.05, 0) is 0 Å². The first-order valence-corrected chi connectivity index (χ1v) is 9.11. The Labute approximate surface area is 152 Å². The van der Waals surface area contributed by atoms with Crippen molar-refractivity contribution in [2.24, 2.45) is 0 Å². The van der Waals surface area contributed by atoms with E-state index in [-0.39, 0.29) is 0 Å². The average molecular weight is 422 g/mol. The zero-order chi connectivity index (χ0) is 20.9. The molecule has 0 aliphatic carbocycles. The largest absolute Gasteiger partial charge is 0.470 e. The first-order valence-electron chi connectivity index (χ1n) is 7.58. The molecule has 1 heterocycles. The number of ketones is 1. The molecule has 0 saturated carbocycles. The molecule has 15 heteroatoms. The van der Waals surface area contributed by atoms with Crippen molar-refractivity contribution < 1.29 is 68.9 Å². The first kappa shape index (κ1) is 24.5. The van der Waals surface area contributed by atoms with Crippen molar-refractivity contribution in [3.8, 4) is 0 Å². The molecular weight excluding hydrogens is 399 g/mol. The van der Waals surface area contributed by atoms with Crippen LogP contribution in [0.25, 0.3) is 0 Å². The van der Waals surface area contributed by atoms with Crippen molar-refractivity contribution >= 4 is 13.6 Å². The van der Waals surface area contributed by atoms with Gasteiger partial charge in [0.05, 0.1) is 13.2 Å². The summed E-state index contributed by atoms with van der Waals surface area (Å²) in [6.07, 6.45) is -14.7. The number of hydrogen-bond donors (Lipinski definition) is 9. The van der Waals surface area contributed by atoms with Crippen LogP contribution < -0.4 is 0 Å². The number of ether oxygens (including phenoxy) is 2. The molecular formula is C12H23O14P. The molecule has 27 heavy (non-hydrogen) atoms. The molecule has 9 N–H and O–H groups in total. The zero-order valence-electron chi connectivity index (χ0n) is 13.8. The zero-order valence-corrected chi connectivity index (χ0v) is 14.6. The van der Waals surface area contributed by atoms with Crippen LogP contribution in [0.2, 0.25) is 0 Å². The number of carbonyl (C=O) groups is 1. The summed E-state index contributed by atoms with van der Waals surface area (Å²) < 4.78 is 24.4. The Morgan fingerprint density at radius 1 is 1.07 bits per heavy atom. The highest BCUT2D eigenvalue weighted by atomic mass is 31.2. The van der Waals surface area contributed by atoms with Gasteiger partial charge in [-0.15, -0.1) is 0 Å². The molecule has 0 amide bonds. The van der Waals surface area contributed by atoms with Crippen LogP contribution in [0, 0.1) is 0 Å². The molecule has 1 aliphatic rings. The van der Waals surface area contributed by atoms with Crippen molar-refractivity contribution in [3.05, 3.63) is 0 Å². The van der Waals surface area contributed by atoms with E-state index in [4.69, 9.17) is 24.4 Å². The second kappa shape index (κ2) is 10.3. The summed E-state index contributed by atoms with van der Waals surface area (Å²) in [4.78, 5) is 28.6. The molecule has 160 valence electrons. The SMILES string of the molecule is O=C(COP(=O)(O)O)[C@H](O)[C@@H](O)[C@@H](CO)O[C@@H]1O[C@H](CO)[C@@H](O)[C@H](O)[C@H]1O. The monoisotopic (exact) mass is 422 g/mol. The number of phosphoric ester groups is 1. The third-order valence-corrected chi connectivity index (χ3v) is 4.21. The summed E-state index contributed by atoms with van der Waals surface area (Å²) in [7, 11) is -5.00. The maximum absolute atomic E-state index is 11.6. The molecule has 0 aromatic heterocycles. The summed E-state index contributed by atoms with van der Waals surface area (Å²) >= 11 is 0. The Hall–Kier alpha value is -0.580. The van der Waals surface area contributed by atoms with Gasteiger partial charge in [0.25, 0.3) is 0 Å². The lowest BCUT2D eigenvalue weighted by atomic mass is 9.99. The second-order valence-corrected chi connectivity index (χ2v) is 6.96. The van der Waals surface area contributed by atoms with Crippen molar-refractivity contribution in [2.75, 3.05) is 19.8 Å². The van der Waals surface area contributed by atoms with Gasteiger partial charge >= 0.3 is 7.82 Å². The highest BCUT2D eigenvalue weighted by Crippen LogP contribution is 2.35. The van der Waals surface area contributed by atoms with E-state index in [0.29, 0.717) is 0 Å². The average Bonchev–Trinajstić information content (AvgIpc) is 2.62. The highest BCUT2D eigenvalue weighted by Gasteiger charge is 2.46. The molecule has 1 aliphatic heterocycles. The van der Waals surface area contributed by atoms with Gasteiger partial charge in [0.15, 0.2) is 12.1 Å². The lowest BCUT2D eigenvalue weighted by Crippen LogP contribution is -2.61. The van der Waals surface area contributed by atoms with Crippen molar-refractivity contribution in [1.29, 1.82) is 0 Å². The molecule has 8 atom stereocenters. The fourth-order valence-electron chi connectivity index (χ4n) is 2.21. The Morgan fingerprint density at radius 3 is 2.15 bits per heavy atom. The molecule has 0 aromatic rings. The number of aliphatic hydroxyl groups is 7. The van der Waals surface area contributed by atoms with Crippen LogP contribution in [0.5, 0.6) is 0 Å². The van der Waals surface area contributed by atoms with Gasteiger partial charge in [-0.3, -0.25) is 9.32 Å². The van der Waals surface area contributed by atoms with Crippen LogP contribution >= 0.6 is 7.82 Å². The summed E-state index contributed by atoms with van der Waals surface area (Å²) in [5.41, 5.74) is 0. The second-order valence-electron chi connectivity index (χ2n) is 5.72. The number of aliphatic hydroxyl groups excluding tert-OH is 7. The third kappa shape index (κ3) is 6.76. The Balaban J connectivity index is 2.75. The molecule has 0 bridgehead atoms. The maximum Gasteiger partial charge on any atom is 0.470 e. The minimum Gasteiger partial charge on any atom is -0.394 e. The fraction of sp³-hybridized carbons (Fsp3) is 0.917. The summed E-state index contributed by atoms with van der Waals surface area (Å²) in [5.74, 6) is -1.35. The molecule has 0 aromatic carbocycles. The van der Waals surface area contributed by atoms with E-state index >= 15 is 0 Å². The normalized spacial score (nSPS) is 32.7. The van der Waals surface area contributed by atoms with Crippen LogP contribution in [-0.4, -0.2) is 120 Å². The van der Waals surface area contributed by atoms with Crippen LogP contribution in [-0.2, 0) is 23.4 Å². The first-order chi connectivity index (χ1) is 12.4. The Kier molecular flexibility index (Phi) is 9.30. The van der Waals surface area contributed by atoms with Gasteiger partial charge in [-0.2, -0.15) is 0 Å². The van der Waals surface area contributed by atoms with Crippen molar-refractivity contribution in [2.45, 2.75) is 49.0 Å². The number of rotatable bonds is 10. The standard InChI is InChI=1S/C12H23O14P/c13-1-5(8(17)7(16)4(15)3-24-27(21,22)23)25-12-11(20)10(19)9(18)6(2-14)26-12/h5-14,16-20H,1-3H2,(H2,21,22,23)/t5-,6-,7+,8+,9-,10+,11-,12-/m1/s1. The lowest BCUT2D eigenvalue weighted by molar-refractivity contribution is -0.320. The molecule has 1 saturated heterocycles. The van der Waals surface area contributed by atoms with E-state index < -0.39 is 82.4 Å². The number of phosphoric acid groups is 1. The molecule has 0 radical (unpaired) electrons. The van der Waals surface area contributed by atoms with E-state index in [1.54, 1.807) is 0 Å². The number of hydrogen-bond acceptors (Lipinski definition) is 12. The molecule has 0 spiro atoms. The van der Waals surface area contributed by atoms with E-state index in [2.05, 4.69) is 4.52 Å². The van der Waals surface area contributed by atoms with Gasteiger partial charge in [0.2, 0.25) is 0 Å². The van der Waals surface area contributed by atoms with E-state index in [1.807, 2.05) is 0 Å². The summed E-state index contributed by atoms with van der Waals surface area (Å²) in [6.45, 7) is -3.03. The van der Waals surface area contributed by atoms with E-state index in [0.717, 1.165) is 0 Å². The smallest absolute Gasteiger partial charge is 0.394 e. The predicted molar refractivity (Wildman–Crippen MR) is 80.7 cm³/mol. The third-order valence-electron chi connectivity index (χ3n) is 3.75. The van der Waals surface area contributed by atoms with Gasteiger partial charge < -0.3 is 55.0 Å². The van der Waals surface area contributed by atoms with Crippen LogP contribution in [0.4, 0.5) is 0 Å². The van der Waals surface area contributed by atoms with Crippen LogP contribution in [0.3, 0.4) is 0 Å². The lowest BCUT2D eigenvalue weighted by Gasteiger charge is -2.41. The quantitative estimate of drug-likeness (QED) is 0.149. The number of carbonyl (C=O) groups excluding carboxylic acids is 1. The highest BCUT2D eigenvalue weighted by molar-refractivity contribution is 7.46. The fourth-order valence-corrected chi connectivity index (χ4v) is 2.51. The number of Topliss-reactive ketones (excluding diaryl/α,β-unsaturated/α-hetero) is 1. The molecule has 14 nitrogen and oxygen atoms in total. The Morgan fingerprint density at radius 2 is 1.67 bits per heavy atom. The van der Waals surface area contributed by atoms with Crippen LogP contribution in [0.1, 0.15) is 0 Å². The predicted octanol–water partition coefficient (Wildman–Crippen LogP) is -5.44. The summed E-state index contributed by atoms with van der Waals surface area (Å²) in [5, 5.41) is 67.1. The van der Waals surface area contributed by atoms with E-state index in [1.165, 1.54) is 0 Å². The Bertz CT molecular complexity index is 522. The molecule has 0 unspecified atom stereocenters. The van der Waals surface area contributed by atoms with Crippen LogP contribution in [0.15, 0.2) is 0 Å². The minimum absolute atomic E-state index is 0.766. The topological polar surface area (TPSA) is 244 Å². The molecule has 1 rings (SSSR count). The van der Waals surface area contributed by atoms with Gasteiger partial charge in [-0.1, -0.05) is 0 Å². The van der Waals surface area contributed by atoms with Gasteiger partial charge in [0.1, 0.15) is 49.3 Å². The molecule has 1 fully saturated rings. The summed E-state index contributed by atoms with van der Waals surface area (Å²) in [6, 6.07) is 0. The van der Waals surface area contributed by atoms with Crippen molar-refractivity contribution in [3.63, 3.8) is 0 Å². The minimum atomic E-state index is -5.00.